The van der Waals surface area contributed by atoms with Gasteiger partial charge in [-0.2, -0.15) is 0 Å². The molecular formula is C18H32O14. The van der Waals surface area contributed by atoms with E-state index in [2.05, 4.69) is 0 Å². The molecule has 0 radical (unpaired) electrons. The van der Waals surface area contributed by atoms with Crippen LogP contribution in [0.3, 0.4) is 0 Å². The van der Waals surface area contributed by atoms with Crippen LogP contribution in [-0.4, -0.2) is 145 Å². The molecule has 0 aromatic carbocycles. The topological polar surface area (TPSA) is 228 Å². The van der Waals surface area contributed by atoms with Gasteiger partial charge in [0, 0.05) is 0 Å². The molecule has 0 saturated carbocycles. The summed E-state index contributed by atoms with van der Waals surface area (Å²) in [6, 6.07) is 0. The first kappa shape index (κ1) is 26.1. The van der Waals surface area contributed by atoms with Gasteiger partial charge in [0.1, 0.15) is 61.0 Å². The Labute approximate surface area is 183 Å². The fourth-order valence-electron chi connectivity index (χ4n) is 3.94. The monoisotopic (exact) mass is 472 g/mol. The molecule has 3 heterocycles. The van der Waals surface area contributed by atoms with Crippen molar-refractivity contribution in [3.8, 4) is 0 Å². The third-order valence-electron chi connectivity index (χ3n) is 6.01. The third-order valence-corrected chi connectivity index (χ3v) is 6.01. The van der Waals surface area contributed by atoms with Crippen molar-refractivity contribution < 1.29 is 69.6 Å². The maximum atomic E-state index is 10.5. The van der Waals surface area contributed by atoms with Crippen LogP contribution < -0.4 is 0 Å². The van der Waals surface area contributed by atoms with Crippen molar-refractivity contribution in [3.63, 3.8) is 0 Å². The number of hydrogen-bond donors (Lipinski definition) is 9. The molecule has 1 unspecified atom stereocenters. The minimum absolute atomic E-state index is 0.732. The zero-order valence-electron chi connectivity index (χ0n) is 17.4. The van der Waals surface area contributed by atoms with Gasteiger partial charge in [0.05, 0.1) is 18.8 Å². The highest BCUT2D eigenvalue weighted by atomic mass is 16.8. The standard InChI is InChI=1S/C18H32O14/c1-4-7(20)9(22)11(24)17(28-4)31-14-6(3-19)30-16(27)13(26)15(14)32-18-12(25)10(23)8(21)5(2)29-18/h4-27H,3H2,1-2H3/t4-,5-,6+,7-,8-,9+,10+,11+,12+,13+,14-,15+,16?,17-,18-/m0/s1. The highest BCUT2D eigenvalue weighted by molar-refractivity contribution is 4.95. The molecular weight excluding hydrogens is 440 g/mol. The van der Waals surface area contributed by atoms with Gasteiger partial charge in [-0.3, -0.25) is 0 Å². The molecule has 15 atom stereocenters. The molecule has 14 heteroatoms. The van der Waals surface area contributed by atoms with Gasteiger partial charge >= 0.3 is 0 Å². The van der Waals surface area contributed by atoms with Gasteiger partial charge in [-0.15, -0.1) is 0 Å². The van der Waals surface area contributed by atoms with Crippen LogP contribution in [0.15, 0.2) is 0 Å². The summed E-state index contributed by atoms with van der Waals surface area (Å²) in [6.07, 6.45) is -22.5. The summed E-state index contributed by atoms with van der Waals surface area (Å²) in [6.45, 7) is 2.10. The lowest BCUT2D eigenvalue weighted by molar-refractivity contribution is -0.381. The predicted molar refractivity (Wildman–Crippen MR) is 98.4 cm³/mol. The molecule has 32 heavy (non-hydrogen) atoms. The van der Waals surface area contributed by atoms with Crippen molar-refractivity contribution in [2.24, 2.45) is 0 Å². The van der Waals surface area contributed by atoms with E-state index in [4.69, 9.17) is 23.7 Å². The summed E-state index contributed by atoms with van der Waals surface area (Å²) in [5, 5.41) is 90.3. The maximum absolute atomic E-state index is 10.5. The van der Waals surface area contributed by atoms with Gasteiger partial charge < -0.3 is 69.6 Å². The van der Waals surface area contributed by atoms with Crippen LogP contribution in [0.1, 0.15) is 13.8 Å². The van der Waals surface area contributed by atoms with Crippen LogP contribution in [0.4, 0.5) is 0 Å². The molecule has 0 spiro atoms. The van der Waals surface area contributed by atoms with E-state index in [-0.39, 0.29) is 0 Å². The zero-order valence-corrected chi connectivity index (χ0v) is 17.4. The lowest BCUT2D eigenvalue weighted by Crippen LogP contribution is -2.66. The van der Waals surface area contributed by atoms with Crippen molar-refractivity contribution in [3.05, 3.63) is 0 Å². The Morgan fingerprint density at radius 1 is 0.562 bits per heavy atom. The summed E-state index contributed by atoms with van der Waals surface area (Å²) in [7, 11) is 0. The fraction of sp³-hybridized carbons (Fsp3) is 1.00. The Morgan fingerprint density at radius 2 is 1.00 bits per heavy atom. The van der Waals surface area contributed by atoms with Crippen LogP contribution in [0, 0.1) is 0 Å². The Bertz CT molecular complexity index is 574. The molecule has 3 saturated heterocycles. The number of aliphatic hydroxyl groups excluding tert-OH is 9. The van der Waals surface area contributed by atoms with E-state index in [1.807, 2.05) is 0 Å². The van der Waals surface area contributed by atoms with Crippen molar-refractivity contribution in [2.45, 2.75) is 106 Å². The van der Waals surface area contributed by atoms with Crippen molar-refractivity contribution in [1.29, 1.82) is 0 Å². The van der Waals surface area contributed by atoms with Crippen molar-refractivity contribution in [1.82, 2.24) is 0 Å². The summed E-state index contributed by atoms with van der Waals surface area (Å²) in [5.74, 6) is 0. The minimum Gasteiger partial charge on any atom is -0.394 e. The molecule has 188 valence electrons. The summed E-state index contributed by atoms with van der Waals surface area (Å²) >= 11 is 0. The summed E-state index contributed by atoms with van der Waals surface area (Å²) < 4.78 is 27.1. The lowest BCUT2D eigenvalue weighted by atomic mass is 9.96. The van der Waals surface area contributed by atoms with Crippen LogP contribution in [0.25, 0.3) is 0 Å². The molecule has 3 rings (SSSR count). The average molecular weight is 472 g/mol. The van der Waals surface area contributed by atoms with Gasteiger partial charge in [0.15, 0.2) is 18.9 Å². The van der Waals surface area contributed by atoms with Gasteiger partial charge in [0.2, 0.25) is 0 Å². The molecule has 14 nitrogen and oxygen atoms in total. The maximum Gasteiger partial charge on any atom is 0.187 e. The van der Waals surface area contributed by atoms with E-state index < -0.39 is 98.7 Å². The highest BCUT2D eigenvalue weighted by Gasteiger charge is 2.53. The predicted octanol–water partition coefficient (Wildman–Crippen LogP) is -5.52. The number of hydrogen-bond acceptors (Lipinski definition) is 14. The second-order valence-electron chi connectivity index (χ2n) is 8.30. The second kappa shape index (κ2) is 10.4. The smallest absolute Gasteiger partial charge is 0.187 e. The number of aliphatic hydroxyl groups is 9. The van der Waals surface area contributed by atoms with E-state index in [1.165, 1.54) is 13.8 Å². The second-order valence-corrected chi connectivity index (χ2v) is 8.30. The van der Waals surface area contributed by atoms with Gasteiger partial charge in [-0.05, 0) is 13.8 Å². The van der Waals surface area contributed by atoms with Crippen molar-refractivity contribution >= 4 is 0 Å². The van der Waals surface area contributed by atoms with Crippen molar-refractivity contribution in [2.75, 3.05) is 6.61 Å². The Morgan fingerprint density at radius 3 is 1.44 bits per heavy atom. The van der Waals surface area contributed by atoms with E-state index in [0.29, 0.717) is 0 Å². The van der Waals surface area contributed by atoms with Gasteiger partial charge in [-0.1, -0.05) is 0 Å². The SMILES string of the molecule is C[C@@H]1O[C@@H](O[C@@H]2[C@H](O[C@@H]3O[C@@H](C)[C@H](O)[C@@H](O)[C@H]3O)[C@@H](O)C(O)O[C@@H]2CO)[C@H](O)[C@H](O)[C@H]1O. The number of ether oxygens (including phenoxy) is 5. The molecule has 0 bridgehead atoms. The first-order valence-corrected chi connectivity index (χ1v) is 10.3. The zero-order chi connectivity index (χ0) is 23.9. The molecule has 0 aromatic heterocycles. The minimum atomic E-state index is -1.84. The van der Waals surface area contributed by atoms with Crippen LogP contribution in [0.5, 0.6) is 0 Å². The highest BCUT2D eigenvalue weighted by Crippen LogP contribution is 2.32. The van der Waals surface area contributed by atoms with E-state index in [0.717, 1.165) is 0 Å². The first-order chi connectivity index (χ1) is 15.0. The van der Waals surface area contributed by atoms with E-state index in [9.17, 15) is 46.0 Å². The Hall–Kier alpha value is -0.560. The Balaban J connectivity index is 1.82. The largest absolute Gasteiger partial charge is 0.394 e. The summed E-state index contributed by atoms with van der Waals surface area (Å²) in [5.41, 5.74) is 0. The average Bonchev–Trinajstić information content (AvgIpc) is 2.76. The third kappa shape index (κ3) is 4.94. The van der Waals surface area contributed by atoms with E-state index >= 15 is 0 Å². The molecule has 0 aliphatic carbocycles. The van der Waals surface area contributed by atoms with E-state index in [1.54, 1.807) is 0 Å². The first-order valence-electron chi connectivity index (χ1n) is 10.3. The normalized spacial score (nSPS) is 55.0. The molecule has 3 aliphatic heterocycles. The molecule has 3 fully saturated rings. The summed E-state index contributed by atoms with van der Waals surface area (Å²) in [4.78, 5) is 0. The molecule has 3 aliphatic rings. The fourth-order valence-corrected chi connectivity index (χ4v) is 3.94. The Kier molecular flexibility index (Phi) is 8.44. The quantitative estimate of drug-likeness (QED) is 0.182. The molecule has 9 N–H and O–H groups in total. The lowest BCUT2D eigenvalue weighted by Gasteiger charge is -2.48. The molecule has 0 aromatic rings. The number of rotatable bonds is 5. The van der Waals surface area contributed by atoms with Crippen LogP contribution >= 0.6 is 0 Å². The molecule has 0 amide bonds. The van der Waals surface area contributed by atoms with Crippen LogP contribution in [-0.2, 0) is 23.7 Å². The van der Waals surface area contributed by atoms with Gasteiger partial charge in [0.25, 0.3) is 0 Å². The van der Waals surface area contributed by atoms with Crippen LogP contribution in [0.2, 0.25) is 0 Å². The van der Waals surface area contributed by atoms with Gasteiger partial charge in [-0.25, -0.2) is 0 Å².